The van der Waals surface area contributed by atoms with Crippen molar-refractivity contribution >= 4 is 27.5 Å². The van der Waals surface area contributed by atoms with Crippen molar-refractivity contribution in [2.24, 2.45) is 5.92 Å². The minimum atomic E-state index is -3.58. The monoisotopic (exact) mass is 501 g/mol. The number of carbonyl (C=O) groups excluding carboxylic acids is 2. The summed E-state index contributed by atoms with van der Waals surface area (Å²) in [6, 6.07) is 11.3. The number of nitrogens with one attached hydrogen (secondary N) is 1. The topological polar surface area (TPSA) is 105 Å². The van der Waals surface area contributed by atoms with Crippen molar-refractivity contribution in [2.45, 2.75) is 26.3 Å². The van der Waals surface area contributed by atoms with Crippen LogP contribution in [0.3, 0.4) is 0 Å². The van der Waals surface area contributed by atoms with E-state index in [1.807, 2.05) is 43.3 Å². The zero-order valence-corrected chi connectivity index (χ0v) is 21.1. The third-order valence-electron chi connectivity index (χ3n) is 6.58. The molecule has 0 aliphatic carbocycles. The molecule has 1 fully saturated rings. The van der Waals surface area contributed by atoms with Gasteiger partial charge in [0.25, 0.3) is 0 Å². The fourth-order valence-electron chi connectivity index (χ4n) is 4.53. The number of benzene rings is 2. The molecule has 9 nitrogen and oxygen atoms in total. The van der Waals surface area contributed by atoms with Gasteiger partial charge in [0, 0.05) is 38.3 Å². The largest absolute Gasteiger partial charge is 0.493 e. The molecule has 2 aliphatic heterocycles. The summed E-state index contributed by atoms with van der Waals surface area (Å²) in [5.74, 6) is 0.0598. The lowest BCUT2D eigenvalue weighted by Crippen LogP contribution is -2.41. The maximum Gasteiger partial charge on any atom is 0.227 e. The molecule has 188 valence electrons. The van der Waals surface area contributed by atoms with Crippen molar-refractivity contribution in [1.29, 1.82) is 0 Å². The molecular formula is C25H31N3O6S. The van der Waals surface area contributed by atoms with Crippen LogP contribution in [-0.4, -0.2) is 64.1 Å². The Hall–Kier alpha value is -3.11. The Labute approximate surface area is 206 Å². The number of ether oxygens (including phenoxy) is 2. The van der Waals surface area contributed by atoms with Gasteiger partial charge < -0.3 is 19.7 Å². The molecule has 2 aromatic carbocycles. The van der Waals surface area contributed by atoms with Crippen LogP contribution in [-0.2, 0) is 32.6 Å². The van der Waals surface area contributed by atoms with Gasteiger partial charge in [-0.15, -0.1) is 0 Å². The van der Waals surface area contributed by atoms with Gasteiger partial charge in [-0.05, 0) is 48.7 Å². The van der Waals surface area contributed by atoms with E-state index in [1.54, 1.807) is 19.1 Å². The van der Waals surface area contributed by atoms with E-state index in [9.17, 15) is 18.0 Å². The van der Waals surface area contributed by atoms with Crippen LogP contribution in [0.25, 0.3) is 0 Å². The first-order chi connectivity index (χ1) is 16.7. The van der Waals surface area contributed by atoms with Crippen molar-refractivity contribution < 1.29 is 27.5 Å². The normalized spacial score (nSPS) is 18.3. The van der Waals surface area contributed by atoms with Crippen LogP contribution in [0.15, 0.2) is 36.4 Å². The molecule has 2 amide bonds. The van der Waals surface area contributed by atoms with Crippen molar-refractivity contribution in [3.8, 4) is 11.5 Å². The summed E-state index contributed by atoms with van der Waals surface area (Å²) in [5.41, 5.74) is 3.76. The van der Waals surface area contributed by atoms with Crippen molar-refractivity contribution in [2.75, 3.05) is 44.5 Å². The van der Waals surface area contributed by atoms with Crippen molar-refractivity contribution in [3.05, 3.63) is 53.1 Å². The smallest absolute Gasteiger partial charge is 0.227 e. The third-order valence-corrected chi connectivity index (χ3v) is 8.40. The molecule has 1 unspecified atom stereocenters. The molecule has 0 aromatic heterocycles. The first-order valence-corrected chi connectivity index (χ1v) is 13.2. The van der Waals surface area contributed by atoms with Crippen LogP contribution in [0, 0.1) is 12.8 Å². The number of fused-ring (bicyclic) bond motifs is 1. The van der Waals surface area contributed by atoms with Crippen molar-refractivity contribution in [3.63, 3.8) is 0 Å². The van der Waals surface area contributed by atoms with Crippen LogP contribution < -0.4 is 19.7 Å². The van der Waals surface area contributed by atoms with Gasteiger partial charge in [0.05, 0.1) is 25.9 Å². The van der Waals surface area contributed by atoms with Gasteiger partial charge in [0.15, 0.2) is 11.5 Å². The van der Waals surface area contributed by atoms with E-state index in [0.29, 0.717) is 24.5 Å². The Morgan fingerprint density at radius 2 is 1.74 bits per heavy atom. The molecule has 0 spiro atoms. The van der Waals surface area contributed by atoms with E-state index in [-0.39, 0.29) is 43.6 Å². The average Bonchev–Trinajstić information content (AvgIpc) is 3.24. The summed E-state index contributed by atoms with van der Waals surface area (Å²) < 4.78 is 38.0. The van der Waals surface area contributed by atoms with E-state index < -0.39 is 15.9 Å². The number of rotatable bonds is 8. The Morgan fingerprint density at radius 3 is 2.40 bits per heavy atom. The zero-order valence-electron chi connectivity index (χ0n) is 20.2. The van der Waals surface area contributed by atoms with Gasteiger partial charge in [-0.25, -0.2) is 8.42 Å². The molecule has 10 heteroatoms. The fourth-order valence-corrected chi connectivity index (χ4v) is 5.85. The molecule has 35 heavy (non-hydrogen) atoms. The second-order valence-corrected chi connectivity index (χ2v) is 11.0. The predicted octanol–water partition coefficient (Wildman–Crippen LogP) is 1.87. The van der Waals surface area contributed by atoms with Crippen LogP contribution >= 0.6 is 0 Å². The number of hydrogen-bond acceptors (Lipinski definition) is 6. The average molecular weight is 502 g/mol. The number of anilines is 1. The second-order valence-electron chi connectivity index (χ2n) is 8.91. The van der Waals surface area contributed by atoms with Crippen LogP contribution in [0.2, 0.25) is 0 Å². The summed E-state index contributed by atoms with van der Waals surface area (Å²) in [4.78, 5) is 26.7. The standard InChI is InChI=1S/C25H31N3O6S/c1-17-4-6-21(7-5-17)28-16-20(14-24(28)29)25(30)26-9-11-35(31,32)27-10-8-18-12-22(33-2)23(34-3)13-19(18)15-27/h4-7,12-13,20H,8-11,14-16H2,1-3H3,(H,26,30). The highest BCUT2D eigenvalue weighted by Crippen LogP contribution is 2.34. The Bertz CT molecular complexity index is 1210. The first kappa shape index (κ1) is 25.0. The summed E-state index contributed by atoms with van der Waals surface area (Å²) in [5, 5.41) is 2.71. The summed E-state index contributed by atoms with van der Waals surface area (Å²) in [6.45, 7) is 2.85. The van der Waals surface area contributed by atoms with Crippen LogP contribution in [0.4, 0.5) is 5.69 Å². The van der Waals surface area contributed by atoms with Gasteiger partial charge in [-0.2, -0.15) is 4.31 Å². The van der Waals surface area contributed by atoms with Crippen LogP contribution in [0.5, 0.6) is 11.5 Å². The number of carbonyl (C=O) groups is 2. The lowest BCUT2D eigenvalue weighted by atomic mass is 10.0. The number of methoxy groups -OCH3 is 2. The maximum atomic E-state index is 12.9. The molecule has 1 N–H and O–H groups in total. The highest BCUT2D eigenvalue weighted by molar-refractivity contribution is 7.89. The molecule has 4 rings (SSSR count). The molecule has 2 aliphatic rings. The maximum absolute atomic E-state index is 12.9. The number of amides is 2. The molecular weight excluding hydrogens is 470 g/mol. The van der Waals surface area contributed by atoms with Gasteiger partial charge in [0.1, 0.15) is 0 Å². The van der Waals surface area contributed by atoms with Gasteiger partial charge >= 0.3 is 0 Å². The molecule has 1 atom stereocenters. The number of aryl methyl sites for hydroxylation is 1. The quantitative estimate of drug-likeness (QED) is 0.592. The van der Waals surface area contributed by atoms with E-state index in [4.69, 9.17) is 9.47 Å². The van der Waals surface area contributed by atoms with Crippen LogP contribution in [0.1, 0.15) is 23.1 Å². The minimum Gasteiger partial charge on any atom is -0.493 e. The summed E-state index contributed by atoms with van der Waals surface area (Å²) in [7, 11) is -0.467. The molecule has 1 saturated heterocycles. The molecule has 0 radical (unpaired) electrons. The van der Waals surface area contributed by atoms with E-state index in [2.05, 4.69) is 5.32 Å². The Kier molecular flexibility index (Phi) is 7.32. The number of nitrogens with zero attached hydrogens (tertiary/aromatic N) is 2. The first-order valence-electron chi connectivity index (χ1n) is 11.6. The Balaban J connectivity index is 1.31. The lowest BCUT2D eigenvalue weighted by Gasteiger charge is -2.29. The fraction of sp³-hybridized carbons (Fsp3) is 0.440. The minimum absolute atomic E-state index is 0.00825. The van der Waals surface area contributed by atoms with E-state index in [1.165, 1.54) is 4.31 Å². The molecule has 2 aromatic rings. The highest BCUT2D eigenvalue weighted by atomic mass is 32.2. The number of hydrogen-bond donors (Lipinski definition) is 1. The van der Waals surface area contributed by atoms with Gasteiger partial charge in [-0.3, -0.25) is 9.59 Å². The zero-order chi connectivity index (χ0) is 25.2. The second kappa shape index (κ2) is 10.2. The summed E-state index contributed by atoms with van der Waals surface area (Å²) >= 11 is 0. The Morgan fingerprint density at radius 1 is 1.09 bits per heavy atom. The van der Waals surface area contributed by atoms with Gasteiger partial charge in [-0.1, -0.05) is 17.7 Å². The predicted molar refractivity (Wildman–Crippen MR) is 132 cm³/mol. The lowest BCUT2D eigenvalue weighted by molar-refractivity contribution is -0.126. The summed E-state index contributed by atoms with van der Waals surface area (Å²) in [6.07, 6.45) is 0.682. The molecule has 2 heterocycles. The number of sulfonamides is 1. The third kappa shape index (κ3) is 5.43. The van der Waals surface area contributed by atoms with Crippen molar-refractivity contribution in [1.82, 2.24) is 9.62 Å². The molecule has 0 bridgehead atoms. The van der Waals surface area contributed by atoms with E-state index in [0.717, 1.165) is 22.4 Å². The van der Waals surface area contributed by atoms with Gasteiger partial charge in [0.2, 0.25) is 21.8 Å². The highest BCUT2D eigenvalue weighted by Gasteiger charge is 2.35. The van der Waals surface area contributed by atoms with E-state index >= 15 is 0 Å². The SMILES string of the molecule is COc1cc2c(cc1OC)CN(S(=O)(=O)CCNC(=O)C1CC(=O)N(c3ccc(C)cc3)C1)CC2. The molecule has 0 saturated carbocycles.